The molecule has 0 unspecified atom stereocenters. The van der Waals surface area contributed by atoms with Gasteiger partial charge in [-0.3, -0.25) is 14.4 Å². The van der Waals surface area contributed by atoms with Gasteiger partial charge in [0.15, 0.2) is 0 Å². The lowest BCUT2D eigenvalue weighted by atomic mass is 10.1. The molecule has 0 aromatic carbocycles. The maximum atomic E-state index is 13.3. The SMILES string of the molecule is C/C(=N\C(=O)C[C@@H](C(=O)N1CCOCC1)N1CC[C@H](NC(=O)OC(C)(C)C)C1=O)N(C)C. The molecule has 2 heterocycles. The van der Waals surface area contributed by atoms with Crippen LogP contribution in [-0.4, -0.2) is 109 Å². The molecule has 0 radical (unpaired) electrons. The van der Waals surface area contributed by atoms with Gasteiger partial charge >= 0.3 is 6.09 Å². The summed E-state index contributed by atoms with van der Waals surface area (Å²) in [6, 6.07) is -1.80. The van der Waals surface area contributed by atoms with Crippen LogP contribution in [0.1, 0.15) is 40.5 Å². The largest absolute Gasteiger partial charge is 0.444 e. The fraction of sp³-hybridized carbons (Fsp3) is 0.762. The van der Waals surface area contributed by atoms with E-state index in [1.807, 2.05) is 0 Å². The second-order valence-electron chi connectivity index (χ2n) is 9.12. The third kappa shape index (κ3) is 7.18. The molecule has 11 nitrogen and oxygen atoms in total. The lowest BCUT2D eigenvalue weighted by Crippen LogP contribution is -2.54. The highest BCUT2D eigenvalue weighted by Crippen LogP contribution is 2.20. The maximum absolute atomic E-state index is 13.3. The number of rotatable bonds is 5. The quantitative estimate of drug-likeness (QED) is 0.467. The zero-order valence-corrected chi connectivity index (χ0v) is 19.8. The monoisotopic (exact) mass is 453 g/mol. The molecule has 2 atom stereocenters. The molecule has 4 amide bonds. The molecular formula is C21H35N5O6. The molecule has 0 aromatic rings. The summed E-state index contributed by atoms with van der Waals surface area (Å²) in [5.74, 6) is -0.710. The Balaban J connectivity index is 2.16. The van der Waals surface area contributed by atoms with E-state index in [0.717, 1.165) is 0 Å². The summed E-state index contributed by atoms with van der Waals surface area (Å²) in [7, 11) is 3.53. The van der Waals surface area contributed by atoms with Gasteiger partial charge < -0.3 is 29.5 Å². The first-order valence-electron chi connectivity index (χ1n) is 10.8. The van der Waals surface area contributed by atoms with Crippen LogP contribution in [0.3, 0.4) is 0 Å². The number of carbonyl (C=O) groups excluding carboxylic acids is 4. The van der Waals surface area contributed by atoms with Gasteiger partial charge in [-0.05, 0) is 34.1 Å². The van der Waals surface area contributed by atoms with E-state index in [0.29, 0.717) is 38.6 Å². The standard InChI is InChI=1S/C21H35N5O6/c1-14(24(5)6)22-17(27)13-16(19(29)25-9-11-31-12-10-25)26-8-7-15(18(26)28)23-20(30)32-21(2,3)4/h15-16H,7-13H2,1-6H3,(H,23,30)/b22-14+/t15-,16-/m0/s1. The van der Waals surface area contributed by atoms with E-state index in [2.05, 4.69) is 10.3 Å². The third-order valence-corrected chi connectivity index (χ3v) is 5.22. The Morgan fingerprint density at radius 3 is 2.41 bits per heavy atom. The van der Waals surface area contributed by atoms with Crippen molar-refractivity contribution in [3.8, 4) is 0 Å². The van der Waals surface area contributed by atoms with Crippen LogP contribution in [0.2, 0.25) is 0 Å². The molecule has 0 aliphatic carbocycles. The molecule has 1 N–H and O–H groups in total. The molecule has 0 bridgehead atoms. The minimum absolute atomic E-state index is 0.230. The molecule has 0 spiro atoms. The highest BCUT2D eigenvalue weighted by molar-refractivity contribution is 5.98. The van der Waals surface area contributed by atoms with E-state index >= 15 is 0 Å². The first kappa shape index (κ1) is 25.6. The van der Waals surface area contributed by atoms with Crippen LogP contribution in [0, 0.1) is 0 Å². The van der Waals surface area contributed by atoms with Gasteiger partial charge in [0.05, 0.1) is 19.6 Å². The van der Waals surface area contributed by atoms with Crippen molar-refractivity contribution < 1.29 is 28.7 Å². The van der Waals surface area contributed by atoms with E-state index in [1.165, 1.54) is 4.90 Å². The molecule has 0 aromatic heterocycles. The van der Waals surface area contributed by atoms with Crippen LogP contribution in [0.4, 0.5) is 4.79 Å². The smallest absolute Gasteiger partial charge is 0.408 e. The molecule has 2 rings (SSSR count). The van der Waals surface area contributed by atoms with E-state index < -0.39 is 35.6 Å². The third-order valence-electron chi connectivity index (χ3n) is 5.22. The van der Waals surface area contributed by atoms with E-state index in [-0.39, 0.29) is 18.9 Å². The van der Waals surface area contributed by atoms with Gasteiger partial charge in [-0.2, -0.15) is 0 Å². The van der Waals surface area contributed by atoms with Crippen LogP contribution >= 0.6 is 0 Å². The van der Waals surface area contributed by atoms with Gasteiger partial charge in [-0.25, -0.2) is 9.79 Å². The van der Waals surface area contributed by atoms with Crippen LogP contribution in [0.25, 0.3) is 0 Å². The Kier molecular flexibility index (Phi) is 8.59. The highest BCUT2D eigenvalue weighted by Gasteiger charge is 2.42. The number of amides is 4. The number of hydrogen-bond acceptors (Lipinski definition) is 6. The van der Waals surface area contributed by atoms with Gasteiger partial charge in [-0.15, -0.1) is 0 Å². The molecule has 180 valence electrons. The van der Waals surface area contributed by atoms with E-state index in [1.54, 1.807) is 51.6 Å². The van der Waals surface area contributed by atoms with Gasteiger partial charge in [0, 0.05) is 33.7 Å². The number of amidine groups is 1. The van der Waals surface area contributed by atoms with Crippen molar-refractivity contribution in [3.05, 3.63) is 0 Å². The van der Waals surface area contributed by atoms with Crippen molar-refractivity contribution in [1.82, 2.24) is 20.0 Å². The molecule has 2 aliphatic rings. The number of morpholine rings is 1. The van der Waals surface area contributed by atoms with Crippen LogP contribution in [0.5, 0.6) is 0 Å². The van der Waals surface area contributed by atoms with Gasteiger partial charge in [0.25, 0.3) is 0 Å². The number of nitrogens with one attached hydrogen (secondary N) is 1. The summed E-state index contributed by atoms with van der Waals surface area (Å²) >= 11 is 0. The van der Waals surface area contributed by atoms with Crippen LogP contribution in [-0.2, 0) is 23.9 Å². The minimum atomic E-state index is -0.989. The average Bonchev–Trinajstić information content (AvgIpc) is 3.04. The maximum Gasteiger partial charge on any atom is 0.408 e. The minimum Gasteiger partial charge on any atom is -0.444 e. The number of alkyl carbamates (subject to hydrolysis) is 1. The number of ether oxygens (including phenoxy) is 2. The number of nitrogens with zero attached hydrogens (tertiary/aromatic N) is 4. The lowest BCUT2D eigenvalue weighted by molar-refractivity contribution is -0.148. The van der Waals surface area contributed by atoms with Crippen LogP contribution < -0.4 is 5.32 Å². The molecule has 11 heteroatoms. The lowest BCUT2D eigenvalue weighted by Gasteiger charge is -2.34. The van der Waals surface area contributed by atoms with Crippen molar-refractivity contribution in [2.45, 2.75) is 58.2 Å². The Morgan fingerprint density at radius 2 is 1.84 bits per heavy atom. The molecule has 32 heavy (non-hydrogen) atoms. The number of aliphatic imine (C=N–C) groups is 1. The van der Waals surface area contributed by atoms with Gasteiger partial charge in [0.2, 0.25) is 17.7 Å². The van der Waals surface area contributed by atoms with Crippen molar-refractivity contribution in [1.29, 1.82) is 0 Å². The number of hydrogen-bond donors (Lipinski definition) is 1. The van der Waals surface area contributed by atoms with Crippen molar-refractivity contribution in [3.63, 3.8) is 0 Å². The fourth-order valence-corrected chi connectivity index (χ4v) is 3.41. The normalized spacial score (nSPS) is 20.8. The first-order valence-corrected chi connectivity index (χ1v) is 10.8. The summed E-state index contributed by atoms with van der Waals surface area (Å²) in [6.07, 6.45) is -0.609. The summed E-state index contributed by atoms with van der Waals surface area (Å²) in [6.45, 7) is 8.72. The Morgan fingerprint density at radius 1 is 1.22 bits per heavy atom. The van der Waals surface area contributed by atoms with Crippen LogP contribution in [0.15, 0.2) is 4.99 Å². The average molecular weight is 454 g/mol. The second-order valence-corrected chi connectivity index (χ2v) is 9.12. The summed E-state index contributed by atoms with van der Waals surface area (Å²) in [5, 5.41) is 2.57. The molecule has 2 saturated heterocycles. The molecule has 2 aliphatic heterocycles. The van der Waals surface area contributed by atoms with Gasteiger partial charge in [0.1, 0.15) is 23.5 Å². The number of likely N-dealkylation sites (tertiary alicyclic amines) is 1. The zero-order valence-electron chi connectivity index (χ0n) is 19.8. The molecule has 2 fully saturated rings. The van der Waals surface area contributed by atoms with Gasteiger partial charge in [-0.1, -0.05) is 0 Å². The summed E-state index contributed by atoms with van der Waals surface area (Å²) in [5.41, 5.74) is -0.699. The molecular weight excluding hydrogens is 418 g/mol. The first-order chi connectivity index (χ1) is 14.9. The predicted octanol–water partition coefficient (Wildman–Crippen LogP) is 0.236. The zero-order chi connectivity index (χ0) is 24.1. The Hall–Kier alpha value is -2.69. The Labute approximate surface area is 189 Å². The summed E-state index contributed by atoms with van der Waals surface area (Å²) < 4.78 is 10.5. The predicted molar refractivity (Wildman–Crippen MR) is 117 cm³/mol. The summed E-state index contributed by atoms with van der Waals surface area (Å²) in [4.78, 5) is 59.7. The topological polar surface area (TPSA) is 121 Å². The van der Waals surface area contributed by atoms with Crippen molar-refractivity contribution in [2.75, 3.05) is 46.9 Å². The van der Waals surface area contributed by atoms with E-state index in [9.17, 15) is 19.2 Å². The second kappa shape index (κ2) is 10.8. The van der Waals surface area contributed by atoms with Crippen molar-refractivity contribution in [2.24, 2.45) is 4.99 Å². The molecule has 0 saturated carbocycles. The number of carbonyl (C=O) groups is 4. The van der Waals surface area contributed by atoms with E-state index in [4.69, 9.17) is 9.47 Å². The highest BCUT2D eigenvalue weighted by atomic mass is 16.6. The fourth-order valence-electron chi connectivity index (χ4n) is 3.41. The van der Waals surface area contributed by atoms with Crippen molar-refractivity contribution >= 4 is 29.7 Å². The Bertz CT molecular complexity index is 754.